The molecular weight excluding hydrogens is 262 g/mol. The van der Waals surface area contributed by atoms with Crippen molar-refractivity contribution in [3.63, 3.8) is 0 Å². The van der Waals surface area contributed by atoms with Crippen LogP contribution in [0.5, 0.6) is 0 Å². The lowest BCUT2D eigenvalue weighted by atomic mass is 9.96. The first kappa shape index (κ1) is 11.8. The second-order valence-corrected chi connectivity index (χ2v) is 6.49. The number of hydrogen-bond acceptors (Lipinski definition) is 4. The smallest absolute Gasteiger partial charge is 0.150 e. The largest absolute Gasteiger partial charge is 0.390 e. The topological polar surface area (TPSA) is 43.1 Å². The summed E-state index contributed by atoms with van der Waals surface area (Å²) in [7, 11) is 0. The van der Waals surface area contributed by atoms with E-state index in [1.54, 1.807) is 11.3 Å². The van der Waals surface area contributed by atoms with E-state index in [0.29, 0.717) is 0 Å². The molecule has 0 amide bonds. The van der Waals surface area contributed by atoms with E-state index in [2.05, 4.69) is 0 Å². The average molecular weight is 275 g/mol. The first-order valence-corrected chi connectivity index (χ1v) is 7.80. The van der Waals surface area contributed by atoms with Gasteiger partial charge in [0.25, 0.3) is 0 Å². The van der Waals surface area contributed by atoms with Crippen LogP contribution in [0.3, 0.4) is 0 Å². The Hall–Kier alpha value is -1.26. The Kier molecular flexibility index (Phi) is 3.14. The summed E-state index contributed by atoms with van der Waals surface area (Å²) in [5.74, 6) is 2.19. The van der Waals surface area contributed by atoms with Crippen molar-refractivity contribution in [3.05, 3.63) is 40.3 Å². The van der Waals surface area contributed by atoms with Gasteiger partial charge in [0.2, 0.25) is 0 Å². The molecule has 3 rings (SSSR count). The van der Waals surface area contributed by atoms with Gasteiger partial charge in [0, 0.05) is 21.8 Å². The number of aldehydes is 1. The van der Waals surface area contributed by atoms with Crippen molar-refractivity contribution in [2.75, 3.05) is 11.5 Å². The molecule has 0 unspecified atom stereocenters. The zero-order chi connectivity index (χ0) is 12.5. The molecule has 0 aliphatic carbocycles. The fourth-order valence-corrected chi connectivity index (χ4v) is 4.64. The van der Waals surface area contributed by atoms with Crippen LogP contribution in [-0.2, 0) is 12.2 Å². The molecule has 0 saturated heterocycles. The fourth-order valence-electron chi connectivity index (χ4n) is 2.38. The number of benzene rings is 1. The third-order valence-corrected chi connectivity index (χ3v) is 5.43. The van der Waals surface area contributed by atoms with Crippen LogP contribution in [0.25, 0.3) is 11.1 Å². The van der Waals surface area contributed by atoms with Crippen LogP contribution in [0.4, 0.5) is 5.00 Å². The zero-order valence-corrected chi connectivity index (χ0v) is 11.4. The maximum atomic E-state index is 11.2. The second kappa shape index (κ2) is 4.78. The molecule has 2 heterocycles. The quantitative estimate of drug-likeness (QED) is 0.852. The third-order valence-electron chi connectivity index (χ3n) is 3.20. The lowest BCUT2D eigenvalue weighted by Gasteiger charge is -2.13. The van der Waals surface area contributed by atoms with Crippen molar-refractivity contribution in [1.82, 2.24) is 0 Å². The average Bonchev–Trinajstić information content (AvgIpc) is 2.74. The lowest BCUT2D eigenvalue weighted by molar-refractivity contribution is 0.112. The van der Waals surface area contributed by atoms with Crippen LogP contribution in [-0.4, -0.2) is 12.0 Å². The van der Waals surface area contributed by atoms with E-state index in [4.69, 9.17) is 5.73 Å². The Morgan fingerprint density at radius 2 is 2.11 bits per heavy atom. The summed E-state index contributed by atoms with van der Waals surface area (Å²) in [4.78, 5) is 12.5. The van der Waals surface area contributed by atoms with Gasteiger partial charge in [0.15, 0.2) is 6.29 Å². The molecule has 2 aromatic rings. The van der Waals surface area contributed by atoms with Crippen molar-refractivity contribution in [2.45, 2.75) is 12.2 Å². The lowest BCUT2D eigenvalue weighted by Crippen LogP contribution is -2.01. The Morgan fingerprint density at radius 1 is 1.28 bits per heavy atom. The summed E-state index contributed by atoms with van der Waals surface area (Å²) in [6.07, 6.45) is 1.96. The van der Waals surface area contributed by atoms with E-state index in [1.165, 1.54) is 10.4 Å². The number of hydrogen-bond donors (Lipinski definition) is 1. The van der Waals surface area contributed by atoms with Gasteiger partial charge in [0.1, 0.15) is 0 Å². The van der Waals surface area contributed by atoms with Gasteiger partial charge in [-0.25, -0.2) is 0 Å². The summed E-state index contributed by atoms with van der Waals surface area (Å²) in [6.45, 7) is 0. The highest BCUT2D eigenvalue weighted by Crippen LogP contribution is 2.44. The Labute approximate surface area is 114 Å². The minimum absolute atomic E-state index is 0.725. The molecule has 2 nitrogen and oxygen atoms in total. The van der Waals surface area contributed by atoms with E-state index in [9.17, 15) is 4.79 Å². The Bertz CT molecular complexity index is 604. The van der Waals surface area contributed by atoms with Gasteiger partial charge in [-0.05, 0) is 23.3 Å². The predicted octanol–water partition coefficient (Wildman–Crippen LogP) is 3.60. The van der Waals surface area contributed by atoms with Gasteiger partial charge in [-0.1, -0.05) is 24.3 Å². The molecule has 1 aliphatic heterocycles. The molecule has 1 aliphatic rings. The van der Waals surface area contributed by atoms with Crippen LogP contribution < -0.4 is 5.73 Å². The van der Waals surface area contributed by atoms with E-state index in [1.807, 2.05) is 36.0 Å². The van der Waals surface area contributed by atoms with Crippen LogP contribution in [0, 0.1) is 0 Å². The summed E-state index contributed by atoms with van der Waals surface area (Å²) >= 11 is 3.62. The number of nitrogen functional groups attached to an aromatic ring is 1. The van der Waals surface area contributed by atoms with Crippen LogP contribution >= 0.6 is 23.1 Å². The van der Waals surface area contributed by atoms with Gasteiger partial charge in [-0.2, -0.15) is 11.8 Å². The van der Waals surface area contributed by atoms with Crippen molar-refractivity contribution in [2.24, 2.45) is 0 Å². The number of carbonyl (C=O) groups excluding carboxylic acids is 1. The van der Waals surface area contributed by atoms with Gasteiger partial charge in [-0.3, -0.25) is 4.79 Å². The maximum absolute atomic E-state index is 11.2. The standard InChI is InChI=1S/C14H13NOS2/c15-14-13(10-4-2-1-3-9(10)7-16)11-5-6-17-8-12(11)18-14/h1-4,7H,5-6,8,15H2. The normalized spacial score (nSPS) is 14.2. The monoisotopic (exact) mass is 275 g/mol. The van der Waals surface area contributed by atoms with Crippen LogP contribution in [0.2, 0.25) is 0 Å². The Morgan fingerprint density at radius 3 is 2.94 bits per heavy atom. The second-order valence-electron chi connectivity index (χ2n) is 4.25. The molecule has 92 valence electrons. The highest BCUT2D eigenvalue weighted by molar-refractivity contribution is 7.98. The molecule has 0 spiro atoms. The molecule has 0 fully saturated rings. The van der Waals surface area contributed by atoms with E-state index in [-0.39, 0.29) is 0 Å². The molecule has 0 saturated carbocycles. The number of rotatable bonds is 2. The third kappa shape index (κ3) is 1.85. The molecule has 0 radical (unpaired) electrons. The predicted molar refractivity (Wildman–Crippen MR) is 79.4 cm³/mol. The Balaban J connectivity index is 2.22. The summed E-state index contributed by atoms with van der Waals surface area (Å²) < 4.78 is 0. The summed E-state index contributed by atoms with van der Waals surface area (Å²) in [5.41, 5.74) is 10.3. The van der Waals surface area contributed by atoms with Crippen LogP contribution in [0.15, 0.2) is 24.3 Å². The number of thiophene rings is 1. The maximum Gasteiger partial charge on any atom is 0.150 e. The van der Waals surface area contributed by atoms with Crippen molar-refractivity contribution >= 4 is 34.4 Å². The number of nitrogens with two attached hydrogens (primary N) is 1. The fraction of sp³-hybridized carbons (Fsp3) is 0.214. The summed E-state index contributed by atoms with van der Waals surface area (Å²) in [5, 5.41) is 0.844. The van der Waals surface area contributed by atoms with Crippen molar-refractivity contribution < 1.29 is 4.79 Å². The molecule has 4 heteroatoms. The highest BCUT2D eigenvalue weighted by Gasteiger charge is 2.21. The zero-order valence-electron chi connectivity index (χ0n) is 9.81. The molecule has 18 heavy (non-hydrogen) atoms. The number of anilines is 1. The molecule has 1 aromatic heterocycles. The number of thioether (sulfide) groups is 1. The summed E-state index contributed by atoms with van der Waals surface area (Å²) in [6, 6.07) is 7.69. The van der Waals surface area contributed by atoms with Gasteiger partial charge in [0.05, 0.1) is 5.00 Å². The molecular formula is C14H13NOS2. The van der Waals surface area contributed by atoms with Crippen molar-refractivity contribution in [1.29, 1.82) is 0 Å². The number of carbonyl (C=O) groups is 1. The molecule has 1 aromatic carbocycles. The SMILES string of the molecule is Nc1sc2c(c1-c1ccccc1C=O)CCSC2. The van der Waals surface area contributed by atoms with Crippen molar-refractivity contribution in [3.8, 4) is 11.1 Å². The van der Waals surface area contributed by atoms with E-state index >= 15 is 0 Å². The van der Waals surface area contributed by atoms with E-state index in [0.717, 1.165) is 45.9 Å². The minimum Gasteiger partial charge on any atom is -0.390 e. The first-order chi connectivity index (χ1) is 8.81. The van der Waals surface area contributed by atoms with Crippen LogP contribution in [0.1, 0.15) is 20.8 Å². The van der Waals surface area contributed by atoms with Gasteiger partial charge in [-0.15, -0.1) is 11.3 Å². The first-order valence-electron chi connectivity index (χ1n) is 5.83. The van der Waals surface area contributed by atoms with Gasteiger partial charge >= 0.3 is 0 Å². The van der Waals surface area contributed by atoms with Gasteiger partial charge < -0.3 is 5.73 Å². The minimum atomic E-state index is 0.725. The molecule has 0 atom stereocenters. The molecule has 0 bridgehead atoms. The van der Waals surface area contributed by atoms with E-state index < -0.39 is 0 Å². The molecule has 2 N–H and O–H groups in total. The highest BCUT2D eigenvalue weighted by atomic mass is 32.2. The number of fused-ring (bicyclic) bond motifs is 1.